The monoisotopic (exact) mass is 342 g/mol. The maximum atomic E-state index is 13.7. The van der Waals surface area contributed by atoms with Crippen molar-refractivity contribution in [2.24, 2.45) is 0 Å². The molecule has 0 unspecified atom stereocenters. The highest BCUT2D eigenvalue weighted by Gasteiger charge is 2.15. The molecular weight excluding hydrogens is 323 g/mol. The van der Waals surface area contributed by atoms with Crippen molar-refractivity contribution in [2.75, 3.05) is 27.3 Å². The lowest BCUT2D eigenvalue weighted by atomic mass is 10.2. The van der Waals surface area contributed by atoms with E-state index in [2.05, 4.69) is 4.98 Å². The topological polar surface area (TPSA) is 54.6 Å². The van der Waals surface area contributed by atoms with Crippen LogP contribution in [-0.2, 0) is 0 Å². The van der Waals surface area contributed by atoms with Gasteiger partial charge in [-0.15, -0.1) is 0 Å². The zero-order valence-corrected chi connectivity index (χ0v) is 14.1. The zero-order valence-electron chi connectivity index (χ0n) is 14.1. The van der Waals surface area contributed by atoms with E-state index in [0.29, 0.717) is 35.5 Å². The second-order valence-electron chi connectivity index (χ2n) is 5.63. The minimum Gasteiger partial charge on any atom is -0.497 e. The highest BCUT2D eigenvalue weighted by molar-refractivity contribution is 5.98. The molecule has 0 aliphatic heterocycles. The molecule has 0 radical (unpaired) electrons. The highest BCUT2D eigenvalue weighted by Crippen LogP contribution is 2.20. The molecule has 0 spiro atoms. The van der Waals surface area contributed by atoms with E-state index in [9.17, 15) is 9.18 Å². The number of halogens is 1. The van der Waals surface area contributed by atoms with Gasteiger partial charge in [-0.25, -0.2) is 4.39 Å². The van der Waals surface area contributed by atoms with Crippen molar-refractivity contribution in [2.45, 2.75) is 0 Å². The van der Waals surface area contributed by atoms with E-state index in [1.165, 1.54) is 17.0 Å². The molecule has 130 valence electrons. The van der Waals surface area contributed by atoms with Crippen LogP contribution >= 0.6 is 0 Å². The molecule has 2 aromatic carbocycles. The van der Waals surface area contributed by atoms with Crippen LogP contribution in [0, 0.1) is 5.82 Å². The summed E-state index contributed by atoms with van der Waals surface area (Å²) in [4.78, 5) is 16.9. The molecule has 0 bridgehead atoms. The molecule has 25 heavy (non-hydrogen) atoms. The van der Waals surface area contributed by atoms with E-state index < -0.39 is 0 Å². The normalized spacial score (nSPS) is 10.7. The van der Waals surface area contributed by atoms with Crippen LogP contribution < -0.4 is 9.47 Å². The number of H-pyrrole nitrogens is 1. The maximum Gasteiger partial charge on any atom is 0.270 e. The molecule has 0 saturated carbocycles. The van der Waals surface area contributed by atoms with Crippen molar-refractivity contribution < 1.29 is 18.7 Å². The number of nitrogens with zero attached hydrogens (tertiary/aromatic N) is 1. The first-order valence-corrected chi connectivity index (χ1v) is 7.88. The summed E-state index contributed by atoms with van der Waals surface area (Å²) in [5.74, 6) is 0.896. The third kappa shape index (κ3) is 3.74. The first kappa shape index (κ1) is 16.8. The molecule has 1 N–H and O–H groups in total. The quantitative estimate of drug-likeness (QED) is 0.746. The van der Waals surface area contributed by atoms with Crippen LogP contribution in [0.2, 0.25) is 0 Å². The Morgan fingerprint density at radius 3 is 2.56 bits per heavy atom. The average molecular weight is 342 g/mol. The van der Waals surface area contributed by atoms with Gasteiger partial charge in [-0.3, -0.25) is 4.79 Å². The summed E-state index contributed by atoms with van der Waals surface area (Å²) in [7, 11) is 3.29. The van der Waals surface area contributed by atoms with Crippen LogP contribution in [0.25, 0.3) is 10.9 Å². The lowest BCUT2D eigenvalue weighted by Gasteiger charge is -2.16. The van der Waals surface area contributed by atoms with Crippen LogP contribution in [-0.4, -0.2) is 43.1 Å². The lowest BCUT2D eigenvalue weighted by Crippen LogP contribution is -2.31. The Kier molecular flexibility index (Phi) is 4.88. The second-order valence-corrected chi connectivity index (χ2v) is 5.63. The third-order valence-corrected chi connectivity index (χ3v) is 3.94. The van der Waals surface area contributed by atoms with E-state index in [-0.39, 0.29) is 11.7 Å². The SMILES string of the molecule is COc1ccc(OCCN(C)C(=O)c2cc3c(F)cccc3[nH]2)cc1. The largest absolute Gasteiger partial charge is 0.497 e. The van der Waals surface area contributed by atoms with E-state index in [1.807, 2.05) is 12.1 Å². The fourth-order valence-corrected chi connectivity index (χ4v) is 2.51. The standard InChI is InChI=1S/C19H19FN2O3/c1-22(10-11-25-14-8-6-13(24-2)7-9-14)19(23)18-12-15-16(20)4-3-5-17(15)21-18/h3-9,12,21H,10-11H2,1-2H3. The molecule has 3 aromatic rings. The Bertz CT molecular complexity index is 874. The molecule has 1 amide bonds. The van der Waals surface area contributed by atoms with Gasteiger partial charge in [0.15, 0.2) is 0 Å². The molecule has 1 heterocycles. The number of amides is 1. The number of carbonyl (C=O) groups excluding carboxylic acids is 1. The Balaban J connectivity index is 1.58. The number of hydrogen-bond acceptors (Lipinski definition) is 3. The van der Waals surface area contributed by atoms with Crippen LogP contribution in [0.3, 0.4) is 0 Å². The van der Waals surface area contributed by atoms with Gasteiger partial charge < -0.3 is 19.4 Å². The van der Waals surface area contributed by atoms with E-state index >= 15 is 0 Å². The molecule has 3 rings (SSSR count). The second kappa shape index (κ2) is 7.25. The highest BCUT2D eigenvalue weighted by atomic mass is 19.1. The Morgan fingerprint density at radius 1 is 1.16 bits per heavy atom. The van der Waals surface area contributed by atoms with Gasteiger partial charge in [-0.05, 0) is 42.5 Å². The van der Waals surface area contributed by atoms with Gasteiger partial charge >= 0.3 is 0 Å². The van der Waals surface area contributed by atoms with Gasteiger partial charge in [-0.1, -0.05) is 6.07 Å². The number of hydrogen-bond donors (Lipinski definition) is 1. The molecular formula is C19H19FN2O3. The van der Waals surface area contributed by atoms with E-state index in [0.717, 1.165) is 5.75 Å². The number of rotatable bonds is 6. The molecule has 0 atom stereocenters. The number of fused-ring (bicyclic) bond motifs is 1. The molecule has 5 nitrogen and oxygen atoms in total. The summed E-state index contributed by atoms with van der Waals surface area (Å²) in [6.07, 6.45) is 0. The fourth-order valence-electron chi connectivity index (χ4n) is 2.51. The summed E-state index contributed by atoms with van der Waals surface area (Å²) in [5.41, 5.74) is 0.957. The smallest absolute Gasteiger partial charge is 0.270 e. The van der Waals surface area contributed by atoms with Crippen molar-refractivity contribution in [3.63, 3.8) is 0 Å². The van der Waals surface area contributed by atoms with Crippen molar-refractivity contribution in [3.05, 3.63) is 60.0 Å². The summed E-state index contributed by atoms with van der Waals surface area (Å²) in [5, 5.41) is 0.411. The summed E-state index contributed by atoms with van der Waals surface area (Å²) < 4.78 is 24.4. The van der Waals surface area contributed by atoms with Crippen molar-refractivity contribution >= 4 is 16.8 Å². The molecule has 6 heteroatoms. The Morgan fingerprint density at radius 2 is 1.88 bits per heavy atom. The van der Waals surface area contributed by atoms with E-state index in [1.54, 1.807) is 38.4 Å². The minimum absolute atomic E-state index is 0.214. The van der Waals surface area contributed by atoms with Crippen LogP contribution in [0.1, 0.15) is 10.5 Å². The van der Waals surface area contributed by atoms with Gasteiger partial charge in [0, 0.05) is 18.0 Å². The van der Waals surface area contributed by atoms with Gasteiger partial charge in [0.2, 0.25) is 0 Å². The summed E-state index contributed by atoms with van der Waals surface area (Å²) in [6.45, 7) is 0.756. The number of aromatic amines is 1. The van der Waals surface area contributed by atoms with Crippen LogP contribution in [0.5, 0.6) is 11.5 Å². The Hall–Kier alpha value is -3.02. The number of likely N-dealkylation sites (N-methyl/N-ethyl adjacent to an activating group) is 1. The number of nitrogens with one attached hydrogen (secondary N) is 1. The predicted molar refractivity (Wildman–Crippen MR) is 93.7 cm³/mol. The molecule has 0 aliphatic rings. The van der Waals surface area contributed by atoms with Crippen molar-refractivity contribution in [3.8, 4) is 11.5 Å². The third-order valence-electron chi connectivity index (χ3n) is 3.94. The molecule has 0 aliphatic carbocycles. The van der Waals surface area contributed by atoms with Crippen molar-refractivity contribution in [1.82, 2.24) is 9.88 Å². The van der Waals surface area contributed by atoms with Gasteiger partial charge in [-0.2, -0.15) is 0 Å². The first-order valence-electron chi connectivity index (χ1n) is 7.88. The average Bonchev–Trinajstić information content (AvgIpc) is 3.07. The molecule has 1 aromatic heterocycles. The number of ether oxygens (including phenoxy) is 2. The van der Waals surface area contributed by atoms with E-state index in [4.69, 9.17) is 9.47 Å². The number of benzene rings is 2. The zero-order chi connectivity index (χ0) is 17.8. The lowest BCUT2D eigenvalue weighted by molar-refractivity contribution is 0.0769. The Labute approximate surface area is 145 Å². The minimum atomic E-state index is -0.349. The van der Waals surface area contributed by atoms with Gasteiger partial charge in [0.1, 0.15) is 29.6 Å². The number of methoxy groups -OCH3 is 1. The molecule has 0 saturated heterocycles. The fraction of sp³-hybridized carbons (Fsp3) is 0.211. The number of aromatic nitrogens is 1. The van der Waals surface area contributed by atoms with Gasteiger partial charge in [0.05, 0.1) is 13.7 Å². The summed E-state index contributed by atoms with van der Waals surface area (Å²) in [6, 6.07) is 13.5. The van der Waals surface area contributed by atoms with Crippen LogP contribution in [0.4, 0.5) is 4.39 Å². The number of carbonyl (C=O) groups is 1. The molecule has 0 fully saturated rings. The van der Waals surface area contributed by atoms with Gasteiger partial charge in [0.25, 0.3) is 5.91 Å². The van der Waals surface area contributed by atoms with Crippen LogP contribution in [0.15, 0.2) is 48.5 Å². The summed E-state index contributed by atoms with van der Waals surface area (Å²) >= 11 is 0. The van der Waals surface area contributed by atoms with Crippen molar-refractivity contribution in [1.29, 1.82) is 0 Å². The maximum absolute atomic E-state index is 13.7. The first-order chi connectivity index (χ1) is 12.1. The predicted octanol–water partition coefficient (Wildman–Crippen LogP) is 3.47.